The summed E-state index contributed by atoms with van der Waals surface area (Å²) in [7, 11) is -3.85. The predicted molar refractivity (Wildman–Crippen MR) is 105 cm³/mol. The Kier molecular flexibility index (Phi) is 4.47. The molecule has 134 valence electrons. The molecular formula is C19H13ClN4O2S. The molecule has 0 aliphatic rings. The molecule has 0 aliphatic carbocycles. The van der Waals surface area contributed by atoms with Crippen molar-refractivity contribution in [2.45, 2.75) is 4.90 Å². The standard InChI is InChI=1S/C19H13ClN4O2S/c20-18-17-15(13-6-2-1-3-7-13)9-4-10-16(17)19(23-22-18)24-27(25,26)14-8-5-11-21-12-14/h1-12H,(H,23,24). The van der Waals surface area contributed by atoms with Gasteiger partial charge in [-0.2, -0.15) is 0 Å². The Hall–Kier alpha value is -3.03. The number of rotatable bonds is 4. The van der Waals surface area contributed by atoms with E-state index in [9.17, 15) is 8.42 Å². The van der Waals surface area contributed by atoms with E-state index in [1.54, 1.807) is 12.1 Å². The highest BCUT2D eigenvalue weighted by atomic mass is 35.5. The van der Waals surface area contributed by atoms with Crippen LogP contribution >= 0.6 is 11.6 Å². The maximum absolute atomic E-state index is 12.6. The van der Waals surface area contributed by atoms with Crippen molar-refractivity contribution >= 4 is 38.2 Å². The molecule has 0 radical (unpaired) electrons. The van der Waals surface area contributed by atoms with E-state index in [-0.39, 0.29) is 15.9 Å². The molecule has 0 saturated heterocycles. The van der Waals surface area contributed by atoms with Crippen LogP contribution in [0.1, 0.15) is 0 Å². The third-order valence-electron chi connectivity index (χ3n) is 4.02. The molecule has 0 fully saturated rings. The smallest absolute Gasteiger partial charge is 0.263 e. The average Bonchev–Trinajstić information content (AvgIpc) is 2.71. The molecule has 2 aromatic heterocycles. The van der Waals surface area contributed by atoms with Gasteiger partial charge >= 0.3 is 0 Å². The minimum Gasteiger partial charge on any atom is -0.263 e. The number of nitrogens with one attached hydrogen (secondary N) is 1. The van der Waals surface area contributed by atoms with E-state index in [1.165, 1.54) is 18.5 Å². The van der Waals surface area contributed by atoms with Crippen molar-refractivity contribution in [3.63, 3.8) is 0 Å². The van der Waals surface area contributed by atoms with Crippen molar-refractivity contribution in [2.24, 2.45) is 0 Å². The summed E-state index contributed by atoms with van der Waals surface area (Å²) in [5.41, 5.74) is 1.79. The largest absolute Gasteiger partial charge is 0.264 e. The van der Waals surface area contributed by atoms with Crippen molar-refractivity contribution in [1.29, 1.82) is 0 Å². The zero-order valence-corrected chi connectivity index (χ0v) is 15.4. The first kappa shape index (κ1) is 17.4. The zero-order chi connectivity index (χ0) is 18.9. The topological polar surface area (TPSA) is 84.8 Å². The quantitative estimate of drug-likeness (QED) is 0.560. The first-order valence-corrected chi connectivity index (χ1v) is 9.85. The number of hydrogen-bond donors (Lipinski definition) is 1. The van der Waals surface area contributed by atoms with Crippen LogP contribution in [-0.2, 0) is 10.0 Å². The summed E-state index contributed by atoms with van der Waals surface area (Å²) < 4.78 is 27.7. The first-order valence-electron chi connectivity index (χ1n) is 7.99. The molecule has 0 unspecified atom stereocenters. The van der Waals surface area contributed by atoms with E-state index >= 15 is 0 Å². The lowest BCUT2D eigenvalue weighted by atomic mass is 10.00. The molecule has 2 heterocycles. The van der Waals surface area contributed by atoms with Gasteiger partial charge in [0.1, 0.15) is 4.90 Å². The Morgan fingerprint density at radius 3 is 2.44 bits per heavy atom. The van der Waals surface area contributed by atoms with E-state index in [1.807, 2.05) is 42.5 Å². The van der Waals surface area contributed by atoms with Crippen molar-refractivity contribution in [2.75, 3.05) is 4.72 Å². The Morgan fingerprint density at radius 2 is 1.70 bits per heavy atom. The van der Waals surface area contributed by atoms with Gasteiger partial charge in [-0.15, -0.1) is 10.2 Å². The van der Waals surface area contributed by atoms with Crippen LogP contribution in [0.3, 0.4) is 0 Å². The summed E-state index contributed by atoms with van der Waals surface area (Å²) >= 11 is 6.31. The molecule has 2 aromatic carbocycles. The molecule has 4 rings (SSSR count). The highest BCUT2D eigenvalue weighted by molar-refractivity contribution is 7.92. The van der Waals surface area contributed by atoms with E-state index in [4.69, 9.17) is 11.6 Å². The SMILES string of the molecule is O=S(=O)(Nc1nnc(Cl)c2c(-c3ccccc3)cccc12)c1cccnc1. The second kappa shape index (κ2) is 6.94. The first-order chi connectivity index (χ1) is 13.1. The fourth-order valence-corrected chi connectivity index (χ4v) is 4.02. The molecule has 1 N–H and O–H groups in total. The summed E-state index contributed by atoms with van der Waals surface area (Å²) in [6, 6.07) is 18.1. The van der Waals surface area contributed by atoms with Gasteiger partial charge < -0.3 is 0 Å². The van der Waals surface area contributed by atoms with Crippen LogP contribution in [0.25, 0.3) is 21.9 Å². The molecule has 8 heteroatoms. The Morgan fingerprint density at radius 1 is 0.889 bits per heavy atom. The number of pyridine rings is 1. The van der Waals surface area contributed by atoms with Gasteiger partial charge in [-0.25, -0.2) is 8.42 Å². The Labute approximate surface area is 160 Å². The van der Waals surface area contributed by atoms with Crippen LogP contribution in [-0.4, -0.2) is 23.6 Å². The number of fused-ring (bicyclic) bond motifs is 1. The van der Waals surface area contributed by atoms with Crippen LogP contribution in [0.4, 0.5) is 5.82 Å². The van der Waals surface area contributed by atoms with E-state index < -0.39 is 10.0 Å². The van der Waals surface area contributed by atoms with Gasteiger partial charge in [-0.1, -0.05) is 60.1 Å². The molecule has 0 atom stereocenters. The number of hydrogen-bond acceptors (Lipinski definition) is 5. The molecule has 0 aliphatic heterocycles. The van der Waals surface area contributed by atoms with Crippen molar-refractivity contribution < 1.29 is 8.42 Å². The van der Waals surface area contributed by atoms with Gasteiger partial charge in [0.25, 0.3) is 10.0 Å². The van der Waals surface area contributed by atoms with Gasteiger partial charge in [0.05, 0.1) is 0 Å². The minimum atomic E-state index is -3.85. The Balaban J connectivity index is 1.88. The normalized spacial score (nSPS) is 11.4. The second-order valence-electron chi connectivity index (χ2n) is 5.73. The maximum Gasteiger partial charge on any atom is 0.264 e. The maximum atomic E-state index is 12.6. The lowest BCUT2D eigenvalue weighted by Crippen LogP contribution is -2.15. The molecule has 0 amide bonds. The third-order valence-corrected chi connectivity index (χ3v) is 5.61. The monoisotopic (exact) mass is 396 g/mol. The van der Waals surface area contributed by atoms with Crippen LogP contribution in [0, 0.1) is 0 Å². The van der Waals surface area contributed by atoms with Crippen LogP contribution in [0.2, 0.25) is 5.15 Å². The van der Waals surface area contributed by atoms with Crippen LogP contribution in [0.5, 0.6) is 0 Å². The van der Waals surface area contributed by atoms with E-state index in [0.717, 1.165) is 11.1 Å². The van der Waals surface area contributed by atoms with Crippen LogP contribution in [0.15, 0.2) is 78.0 Å². The fraction of sp³-hybridized carbons (Fsp3) is 0. The molecule has 0 bridgehead atoms. The van der Waals surface area contributed by atoms with Crippen molar-refractivity contribution in [3.05, 3.63) is 78.2 Å². The summed E-state index contributed by atoms with van der Waals surface area (Å²) in [6.45, 7) is 0. The van der Waals surface area contributed by atoms with Crippen molar-refractivity contribution in [3.8, 4) is 11.1 Å². The van der Waals surface area contributed by atoms with Gasteiger partial charge in [-0.05, 0) is 23.3 Å². The summed E-state index contributed by atoms with van der Waals surface area (Å²) in [4.78, 5) is 3.88. The molecule has 4 aromatic rings. The van der Waals surface area contributed by atoms with Crippen molar-refractivity contribution in [1.82, 2.24) is 15.2 Å². The highest BCUT2D eigenvalue weighted by Crippen LogP contribution is 2.35. The lowest BCUT2D eigenvalue weighted by Gasteiger charge is -2.12. The highest BCUT2D eigenvalue weighted by Gasteiger charge is 2.19. The number of anilines is 1. The minimum absolute atomic E-state index is 0.0362. The van der Waals surface area contributed by atoms with Gasteiger partial charge in [0, 0.05) is 23.2 Å². The lowest BCUT2D eigenvalue weighted by molar-refractivity contribution is 0.600. The number of sulfonamides is 1. The van der Waals surface area contributed by atoms with Gasteiger partial charge in [0.2, 0.25) is 0 Å². The molecular weight excluding hydrogens is 384 g/mol. The number of halogens is 1. The zero-order valence-electron chi connectivity index (χ0n) is 13.9. The Bertz CT molecular complexity index is 1220. The van der Waals surface area contributed by atoms with E-state index in [0.29, 0.717) is 10.8 Å². The van der Waals surface area contributed by atoms with Gasteiger partial charge in [0.15, 0.2) is 11.0 Å². The number of aromatic nitrogens is 3. The summed E-state index contributed by atoms with van der Waals surface area (Å²) in [6.07, 6.45) is 2.77. The van der Waals surface area contributed by atoms with E-state index in [2.05, 4.69) is 19.9 Å². The number of nitrogens with zero attached hydrogens (tertiary/aromatic N) is 3. The summed E-state index contributed by atoms with van der Waals surface area (Å²) in [5, 5.41) is 9.29. The molecule has 0 spiro atoms. The molecule has 0 saturated carbocycles. The summed E-state index contributed by atoms with van der Waals surface area (Å²) in [5.74, 6) is 0.107. The van der Waals surface area contributed by atoms with Gasteiger partial charge in [-0.3, -0.25) is 9.71 Å². The predicted octanol–water partition coefficient (Wildman–Crippen LogP) is 4.15. The average molecular weight is 397 g/mol. The molecule has 27 heavy (non-hydrogen) atoms. The third kappa shape index (κ3) is 3.34. The number of benzene rings is 2. The second-order valence-corrected chi connectivity index (χ2v) is 7.77. The molecule has 6 nitrogen and oxygen atoms in total. The fourth-order valence-electron chi connectivity index (χ4n) is 2.80. The van der Waals surface area contributed by atoms with Crippen LogP contribution < -0.4 is 4.72 Å².